The van der Waals surface area contributed by atoms with Crippen molar-refractivity contribution in [3.8, 4) is 0 Å². The van der Waals surface area contributed by atoms with Gasteiger partial charge in [-0.1, -0.05) is 0 Å². The molecule has 2 saturated heterocycles. The van der Waals surface area contributed by atoms with E-state index in [9.17, 15) is 19.2 Å². The number of rotatable bonds is 4. The van der Waals surface area contributed by atoms with Gasteiger partial charge in [-0.05, 0) is 0 Å². The SMILES string of the molecule is O=C(CCl)N1CCN(C(=O)CCl)CC1.O=C(CCl)N1CCN(C(=O)CCl)CC1. The van der Waals surface area contributed by atoms with Crippen LogP contribution in [-0.2, 0) is 19.2 Å². The average molecular weight is 478 g/mol. The van der Waals surface area contributed by atoms with Gasteiger partial charge in [0.15, 0.2) is 0 Å². The third kappa shape index (κ3) is 7.81. The zero-order valence-electron chi connectivity index (χ0n) is 15.4. The molecule has 28 heavy (non-hydrogen) atoms. The first-order chi connectivity index (χ1) is 13.4. The minimum absolute atomic E-state index is 0.00343. The summed E-state index contributed by atoms with van der Waals surface area (Å²) in [5.41, 5.74) is 0. The van der Waals surface area contributed by atoms with Crippen molar-refractivity contribution in [2.75, 3.05) is 75.9 Å². The Morgan fingerprint density at radius 2 is 0.571 bits per heavy atom. The zero-order valence-corrected chi connectivity index (χ0v) is 18.4. The van der Waals surface area contributed by atoms with Gasteiger partial charge in [0.25, 0.3) is 0 Å². The average Bonchev–Trinajstić information content (AvgIpc) is 2.77. The van der Waals surface area contributed by atoms with Crippen LogP contribution in [0.25, 0.3) is 0 Å². The second kappa shape index (κ2) is 13.3. The van der Waals surface area contributed by atoms with Gasteiger partial charge in [0.05, 0.1) is 0 Å². The Morgan fingerprint density at radius 1 is 0.429 bits per heavy atom. The molecule has 0 bridgehead atoms. The topological polar surface area (TPSA) is 81.2 Å². The van der Waals surface area contributed by atoms with Gasteiger partial charge in [0.2, 0.25) is 23.6 Å². The van der Waals surface area contributed by atoms with Crippen molar-refractivity contribution in [1.29, 1.82) is 0 Å². The summed E-state index contributed by atoms with van der Waals surface area (Å²) in [6.07, 6.45) is 0. The highest BCUT2D eigenvalue weighted by atomic mass is 35.5. The number of carbonyl (C=O) groups is 4. The quantitative estimate of drug-likeness (QED) is 0.544. The van der Waals surface area contributed by atoms with Gasteiger partial charge in [-0.2, -0.15) is 0 Å². The lowest BCUT2D eigenvalue weighted by Crippen LogP contribution is -2.51. The molecule has 2 aliphatic rings. The van der Waals surface area contributed by atoms with Gasteiger partial charge in [0, 0.05) is 52.4 Å². The van der Waals surface area contributed by atoms with Crippen LogP contribution in [0.4, 0.5) is 0 Å². The predicted octanol–water partition coefficient (Wildman–Crippen LogP) is 0.270. The number of amides is 4. The lowest BCUT2D eigenvalue weighted by molar-refractivity contribution is -0.136. The Kier molecular flexibility index (Phi) is 11.9. The highest BCUT2D eigenvalue weighted by Crippen LogP contribution is 2.05. The van der Waals surface area contributed by atoms with Gasteiger partial charge >= 0.3 is 0 Å². The normalized spacial score (nSPS) is 17.0. The highest BCUT2D eigenvalue weighted by Gasteiger charge is 2.23. The molecule has 8 nitrogen and oxygen atoms in total. The first-order valence-electron chi connectivity index (χ1n) is 8.72. The summed E-state index contributed by atoms with van der Waals surface area (Å²) in [4.78, 5) is 51.3. The molecule has 0 N–H and O–H groups in total. The molecule has 2 aliphatic heterocycles. The van der Waals surface area contributed by atoms with E-state index in [4.69, 9.17) is 46.4 Å². The number of alkyl halides is 4. The summed E-state index contributed by atoms with van der Waals surface area (Å²) < 4.78 is 0. The largest absolute Gasteiger partial charge is 0.338 e. The third-order valence-electron chi connectivity index (χ3n) is 4.43. The first kappa shape index (κ1) is 25.1. The van der Waals surface area contributed by atoms with Crippen molar-refractivity contribution in [1.82, 2.24) is 19.6 Å². The Balaban J connectivity index is 0.000000280. The number of nitrogens with zero attached hydrogens (tertiary/aromatic N) is 4. The first-order valence-corrected chi connectivity index (χ1v) is 10.9. The van der Waals surface area contributed by atoms with Crippen LogP contribution in [0.1, 0.15) is 0 Å². The Morgan fingerprint density at radius 3 is 0.679 bits per heavy atom. The van der Waals surface area contributed by atoms with E-state index in [1.165, 1.54) is 0 Å². The molecule has 0 atom stereocenters. The van der Waals surface area contributed by atoms with Crippen molar-refractivity contribution in [2.24, 2.45) is 0 Å². The van der Waals surface area contributed by atoms with E-state index >= 15 is 0 Å². The number of carbonyl (C=O) groups excluding carboxylic acids is 4. The second-order valence-corrected chi connectivity index (χ2v) is 7.13. The predicted molar refractivity (Wildman–Crippen MR) is 109 cm³/mol. The lowest BCUT2D eigenvalue weighted by atomic mass is 10.3. The summed E-state index contributed by atoms with van der Waals surface area (Å²) in [7, 11) is 0. The molecule has 0 aromatic rings. The fourth-order valence-electron chi connectivity index (χ4n) is 2.75. The van der Waals surface area contributed by atoms with Crippen LogP contribution in [0, 0.1) is 0 Å². The van der Waals surface area contributed by atoms with E-state index in [0.717, 1.165) is 0 Å². The van der Waals surface area contributed by atoms with E-state index in [2.05, 4.69) is 0 Å². The van der Waals surface area contributed by atoms with Crippen molar-refractivity contribution in [3.63, 3.8) is 0 Å². The molecule has 160 valence electrons. The molecule has 0 unspecified atom stereocenters. The highest BCUT2D eigenvalue weighted by molar-refractivity contribution is 6.28. The van der Waals surface area contributed by atoms with Crippen molar-refractivity contribution in [3.05, 3.63) is 0 Å². The smallest absolute Gasteiger partial charge is 0.237 e. The molecule has 0 aromatic heterocycles. The molecule has 2 rings (SSSR count). The van der Waals surface area contributed by atoms with Crippen molar-refractivity contribution in [2.45, 2.75) is 0 Å². The number of piperazine rings is 2. The van der Waals surface area contributed by atoms with Crippen LogP contribution in [0.3, 0.4) is 0 Å². The van der Waals surface area contributed by atoms with Gasteiger partial charge in [-0.25, -0.2) is 0 Å². The number of hydrogen-bond donors (Lipinski definition) is 0. The summed E-state index contributed by atoms with van der Waals surface area (Å²) in [5, 5.41) is 0. The maximum absolute atomic E-state index is 11.2. The molecule has 0 radical (unpaired) electrons. The van der Waals surface area contributed by atoms with Crippen LogP contribution in [-0.4, -0.2) is 119 Å². The third-order valence-corrected chi connectivity index (χ3v) is 5.34. The van der Waals surface area contributed by atoms with E-state index < -0.39 is 0 Å². The Bertz CT molecular complexity index is 455. The van der Waals surface area contributed by atoms with Gasteiger partial charge in [0.1, 0.15) is 23.5 Å². The lowest BCUT2D eigenvalue weighted by Gasteiger charge is -2.34. The minimum atomic E-state index is -0.0790. The van der Waals surface area contributed by atoms with E-state index in [1.807, 2.05) is 0 Å². The molecule has 2 fully saturated rings. The number of halogens is 4. The molecular weight excluding hydrogens is 454 g/mol. The molecule has 12 heteroatoms. The van der Waals surface area contributed by atoms with Crippen LogP contribution < -0.4 is 0 Å². The van der Waals surface area contributed by atoms with Gasteiger partial charge < -0.3 is 19.6 Å². The van der Waals surface area contributed by atoms with Crippen molar-refractivity contribution >= 4 is 70.0 Å². The number of hydrogen-bond acceptors (Lipinski definition) is 4. The summed E-state index contributed by atoms with van der Waals surface area (Å²) in [5.74, 6) is -0.302. The molecule has 0 spiro atoms. The molecular formula is C16H24Cl4N4O4. The summed E-state index contributed by atoms with van der Waals surface area (Å²) in [6.45, 7) is 4.40. The van der Waals surface area contributed by atoms with E-state index in [0.29, 0.717) is 52.4 Å². The monoisotopic (exact) mass is 476 g/mol. The fourth-order valence-corrected chi connectivity index (χ4v) is 3.42. The van der Waals surface area contributed by atoms with Crippen LogP contribution in [0.15, 0.2) is 0 Å². The molecule has 2 heterocycles. The maximum Gasteiger partial charge on any atom is 0.237 e. The standard InChI is InChI=1S/2C8H12Cl2N2O2/c2*9-5-7(13)11-1-2-12(4-3-11)8(14)6-10/h2*1-6H2. The van der Waals surface area contributed by atoms with Crippen LogP contribution >= 0.6 is 46.4 Å². The van der Waals surface area contributed by atoms with E-state index in [1.54, 1.807) is 19.6 Å². The molecule has 0 aromatic carbocycles. The van der Waals surface area contributed by atoms with Crippen LogP contribution in [0.2, 0.25) is 0 Å². The summed E-state index contributed by atoms with van der Waals surface area (Å²) >= 11 is 21.7. The minimum Gasteiger partial charge on any atom is -0.338 e. The Labute approximate surface area is 184 Å². The summed E-state index contributed by atoms with van der Waals surface area (Å²) in [6, 6.07) is 0. The van der Waals surface area contributed by atoms with Crippen molar-refractivity contribution < 1.29 is 19.2 Å². The molecule has 4 amide bonds. The van der Waals surface area contributed by atoms with Crippen LogP contribution in [0.5, 0.6) is 0 Å². The van der Waals surface area contributed by atoms with Gasteiger partial charge in [-0.15, -0.1) is 46.4 Å². The zero-order chi connectivity index (χ0) is 21.1. The molecule has 0 saturated carbocycles. The Hall–Kier alpha value is -0.960. The van der Waals surface area contributed by atoms with E-state index in [-0.39, 0.29) is 47.1 Å². The maximum atomic E-state index is 11.2. The van der Waals surface area contributed by atoms with Gasteiger partial charge in [-0.3, -0.25) is 19.2 Å². The molecule has 0 aliphatic carbocycles. The second-order valence-electron chi connectivity index (χ2n) is 6.06. The fraction of sp³-hybridized carbons (Fsp3) is 0.750.